The Balaban J connectivity index is 2.16. The van der Waals surface area contributed by atoms with E-state index in [0.717, 1.165) is 38.9 Å². The van der Waals surface area contributed by atoms with Crippen LogP contribution in [0, 0.1) is 5.92 Å². The van der Waals surface area contributed by atoms with Crippen molar-refractivity contribution in [2.45, 2.75) is 39.2 Å². The van der Waals surface area contributed by atoms with Gasteiger partial charge in [0.1, 0.15) is 0 Å². The molecule has 6 heteroatoms. The minimum atomic E-state index is -3.02. The summed E-state index contributed by atoms with van der Waals surface area (Å²) in [6.07, 6.45) is 4.56. The van der Waals surface area contributed by atoms with Crippen LogP contribution in [-0.4, -0.2) is 69.7 Å². The van der Waals surface area contributed by atoms with Crippen LogP contribution in [0.25, 0.3) is 0 Å². The van der Waals surface area contributed by atoms with Gasteiger partial charge >= 0.3 is 0 Å². The molecule has 1 rings (SSSR count). The van der Waals surface area contributed by atoms with Gasteiger partial charge in [-0.25, -0.2) is 12.7 Å². The summed E-state index contributed by atoms with van der Waals surface area (Å²) in [7, 11) is -0.867. The maximum absolute atomic E-state index is 11.5. The Labute approximate surface area is 124 Å². The van der Waals surface area contributed by atoms with Crippen LogP contribution in [0.5, 0.6) is 0 Å². The Kier molecular flexibility index (Phi) is 7.43. The van der Waals surface area contributed by atoms with Crippen LogP contribution in [0.15, 0.2) is 0 Å². The molecule has 0 saturated carbocycles. The first kappa shape index (κ1) is 17.9. The number of piperidine rings is 1. The highest BCUT2D eigenvalue weighted by Gasteiger charge is 2.25. The summed E-state index contributed by atoms with van der Waals surface area (Å²) >= 11 is 0. The topological polar surface area (TPSA) is 52.6 Å². The molecule has 120 valence electrons. The fourth-order valence-electron chi connectivity index (χ4n) is 2.51. The number of rotatable bonds is 8. The van der Waals surface area contributed by atoms with E-state index in [0.29, 0.717) is 25.0 Å². The molecule has 1 atom stereocenters. The van der Waals surface area contributed by atoms with Gasteiger partial charge in [-0.2, -0.15) is 0 Å². The number of nitrogens with one attached hydrogen (secondary N) is 1. The monoisotopic (exact) mass is 305 g/mol. The van der Waals surface area contributed by atoms with Crippen molar-refractivity contribution < 1.29 is 8.42 Å². The molecule has 1 aliphatic rings. The highest BCUT2D eigenvalue weighted by Crippen LogP contribution is 2.17. The van der Waals surface area contributed by atoms with E-state index in [-0.39, 0.29) is 0 Å². The van der Waals surface area contributed by atoms with Gasteiger partial charge in [0.15, 0.2) is 0 Å². The van der Waals surface area contributed by atoms with E-state index in [1.165, 1.54) is 6.26 Å². The first-order valence-corrected chi connectivity index (χ1v) is 9.51. The van der Waals surface area contributed by atoms with E-state index >= 15 is 0 Å². The van der Waals surface area contributed by atoms with Crippen LogP contribution in [-0.2, 0) is 10.0 Å². The second kappa shape index (κ2) is 8.32. The summed E-state index contributed by atoms with van der Waals surface area (Å²) in [5, 5.41) is 3.47. The van der Waals surface area contributed by atoms with Crippen LogP contribution in [0.3, 0.4) is 0 Å². The first-order chi connectivity index (χ1) is 9.30. The van der Waals surface area contributed by atoms with Crippen molar-refractivity contribution in [2.24, 2.45) is 5.92 Å². The van der Waals surface area contributed by atoms with Gasteiger partial charge in [0.25, 0.3) is 0 Å². The Bertz CT molecular complexity index is 371. The molecule has 1 aliphatic heterocycles. The second-order valence-corrected chi connectivity index (χ2v) is 8.24. The fraction of sp³-hybridized carbons (Fsp3) is 1.00. The van der Waals surface area contributed by atoms with Crippen molar-refractivity contribution in [3.63, 3.8) is 0 Å². The predicted molar refractivity (Wildman–Crippen MR) is 84.4 cm³/mol. The Morgan fingerprint density at radius 2 is 2.10 bits per heavy atom. The minimum absolute atomic E-state index is 0.460. The minimum Gasteiger partial charge on any atom is -0.316 e. The maximum atomic E-state index is 11.5. The Morgan fingerprint density at radius 3 is 2.70 bits per heavy atom. The SMILES string of the molecule is CC(C)N(C)CCCNCC1CCCN(S(C)(=O)=O)C1. The Morgan fingerprint density at radius 1 is 1.40 bits per heavy atom. The third-order valence-corrected chi connectivity index (χ3v) is 5.40. The molecule has 0 spiro atoms. The van der Waals surface area contributed by atoms with Crippen LogP contribution in [0.2, 0.25) is 0 Å². The number of nitrogens with zero attached hydrogens (tertiary/aromatic N) is 2. The van der Waals surface area contributed by atoms with Gasteiger partial charge in [-0.3, -0.25) is 0 Å². The number of hydrogen-bond donors (Lipinski definition) is 1. The molecular weight excluding hydrogens is 274 g/mol. The fourth-order valence-corrected chi connectivity index (χ4v) is 3.45. The van der Waals surface area contributed by atoms with Crippen LogP contribution in [0.1, 0.15) is 33.1 Å². The standard InChI is InChI=1S/C14H31N3O2S/c1-13(2)16(3)9-6-8-15-11-14-7-5-10-17(12-14)20(4,18)19/h13-15H,5-12H2,1-4H3. The van der Waals surface area contributed by atoms with E-state index in [1.807, 2.05) is 0 Å². The van der Waals surface area contributed by atoms with Gasteiger partial charge in [0.2, 0.25) is 10.0 Å². The zero-order chi connectivity index (χ0) is 15.2. The molecule has 0 aromatic carbocycles. The van der Waals surface area contributed by atoms with Crippen LogP contribution >= 0.6 is 0 Å². The lowest BCUT2D eigenvalue weighted by atomic mass is 10.00. The summed E-state index contributed by atoms with van der Waals surface area (Å²) in [5.41, 5.74) is 0. The van der Waals surface area contributed by atoms with E-state index in [4.69, 9.17) is 0 Å². The summed E-state index contributed by atoms with van der Waals surface area (Å²) in [4.78, 5) is 2.34. The van der Waals surface area contributed by atoms with Gasteiger partial charge < -0.3 is 10.2 Å². The average molecular weight is 305 g/mol. The van der Waals surface area contributed by atoms with Gasteiger partial charge in [0, 0.05) is 19.1 Å². The van der Waals surface area contributed by atoms with Gasteiger partial charge in [-0.05, 0) is 65.7 Å². The van der Waals surface area contributed by atoms with Crippen LogP contribution in [0.4, 0.5) is 0 Å². The maximum Gasteiger partial charge on any atom is 0.211 e. The largest absolute Gasteiger partial charge is 0.316 e. The smallest absolute Gasteiger partial charge is 0.211 e. The number of sulfonamides is 1. The summed E-state index contributed by atoms with van der Waals surface area (Å²) < 4.78 is 24.7. The third kappa shape index (κ3) is 6.52. The van der Waals surface area contributed by atoms with Crippen molar-refractivity contribution in [1.82, 2.24) is 14.5 Å². The normalized spacial score (nSPS) is 21.8. The lowest BCUT2D eigenvalue weighted by Crippen LogP contribution is -2.42. The molecule has 20 heavy (non-hydrogen) atoms. The van der Waals surface area contributed by atoms with Crippen LogP contribution < -0.4 is 5.32 Å². The molecule has 0 aromatic heterocycles. The highest BCUT2D eigenvalue weighted by molar-refractivity contribution is 7.88. The highest BCUT2D eigenvalue weighted by atomic mass is 32.2. The lowest BCUT2D eigenvalue weighted by molar-refractivity contribution is 0.252. The predicted octanol–water partition coefficient (Wildman–Crippen LogP) is 0.978. The molecule has 5 nitrogen and oxygen atoms in total. The number of hydrogen-bond acceptors (Lipinski definition) is 4. The Hall–Kier alpha value is -0.170. The molecule has 1 heterocycles. The van der Waals surface area contributed by atoms with Gasteiger partial charge in [-0.1, -0.05) is 0 Å². The zero-order valence-corrected chi connectivity index (χ0v) is 14.2. The molecule has 0 amide bonds. The molecule has 0 radical (unpaired) electrons. The quantitative estimate of drug-likeness (QED) is 0.679. The molecule has 1 saturated heterocycles. The van der Waals surface area contributed by atoms with E-state index in [2.05, 4.69) is 31.1 Å². The van der Waals surface area contributed by atoms with E-state index < -0.39 is 10.0 Å². The lowest BCUT2D eigenvalue weighted by Gasteiger charge is -2.31. The molecule has 1 unspecified atom stereocenters. The van der Waals surface area contributed by atoms with Crippen molar-refractivity contribution >= 4 is 10.0 Å². The summed E-state index contributed by atoms with van der Waals surface area (Å²) in [6.45, 7) is 8.81. The summed E-state index contributed by atoms with van der Waals surface area (Å²) in [6, 6.07) is 0.594. The molecular formula is C14H31N3O2S. The third-order valence-electron chi connectivity index (χ3n) is 4.13. The molecule has 0 aromatic rings. The summed E-state index contributed by atoms with van der Waals surface area (Å²) in [5.74, 6) is 0.460. The molecule has 1 fully saturated rings. The van der Waals surface area contributed by atoms with Gasteiger partial charge in [0.05, 0.1) is 6.26 Å². The van der Waals surface area contributed by atoms with Crippen molar-refractivity contribution in [3.05, 3.63) is 0 Å². The van der Waals surface area contributed by atoms with Crippen molar-refractivity contribution in [3.8, 4) is 0 Å². The molecule has 0 aliphatic carbocycles. The average Bonchev–Trinajstić information content (AvgIpc) is 2.37. The van der Waals surface area contributed by atoms with E-state index in [9.17, 15) is 8.42 Å². The second-order valence-electron chi connectivity index (χ2n) is 6.26. The van der Waals surface area contributed by atoms with E-state index in [1.54, 1.807) is 4.31 Å². The van der Waals surface area contributed by atoms with Crippen molar-refractivity contribution in [1.29, 1.82) is 0 Å². The molecule has 0 bridgehead atoms. The molecule has 1 N–H and O–H groups in total. The van der Waals surface area contributed by atoms with Crippen molar-refractivity contribution in [2.75, 3.05) is 46.0 Å². The zero-order valence-electron chi connectivity index (χ0n) is 13.4. The van der Waals surface area contributed by atoms with Gasteiger partial charge in [-0.15, -0.1) is 0 Å². The first-order valence-electron chi connectivity index (χ1n) is 7.66.